The zero-order valence-corrected chi connectivity index (χ0v) is 21.2. The van der Waals surface area contributed by atoms with Crippen molar-refractivity contribution in [1.82, 2.24) is 0 Å². The number of hydrogen-bond acceptors (Lipinski definition) is 0. The van der Waals surface area contributed by atoms with E-state index < -0.39 is 0 Å². The van der Waals surface area contributed by atoms with Gasteiger partial charge >= 0.3 is 0 Å². The fourth-order valence-corrected chi connectivity index (χ4v) is 4.72. The summed E-state index contributed by atoms with van der Waals surface area (Å²) in [7, 11) is 0. The van der Waals surface area contributed by atoms with Crippen molar-refractivity contribution in [2.45, 2.75) is 157 Å². The van der Waals surface area contributed by atoms with E-state index in [1.54, 1.807) is 0 Å². The van der Waals surface area contributed by atoms with Crippen LogP contribution in [0.4, 0.5) is 0 Å². The van der Waals surface area contributed by atoms with Crippen molar-refractivity contribution in [2.75, 3.05) is 0 Å². The molecule has 0 aromatic carbocycles. The number of unbranched alkanes of at least 4 members (excludes halogenated alkanes) is 5. The van der Waals surface area contributed by atoms with Crippen molar-refractivity contribution in [1.29, 1.82) is 0 Å². The molecule has 0 saturated heterocycles. The van der Waals surface area contributed by atoms with Gasteiger partial charge in [0.1, 0.15) is 0 Å². The summed E-state index contributed by atoms with van der Waals surface area (Å²) in [5, 5.41) is 0. The van der Waals surface area contributed by atoms with Crippen LogP contribution in [0.1, 0.15) is 157 Å². The Labute approximate surface area is 186 Å². The van der Waals surface area contributed by atoms with Crippen molar-refractivity contribution in [2.24, 2.45) is 17.8 Å². The lowest BCUT2D eigenvalue weighted by Gasteiger charge is -2.16. The predicted octanol–water partition coefficient (Wildman–Crippen LogP) is 10.3. The highest BCUT2D eigenvalue weighted by Gasteiger charge is 2.08. The van der Waals surface area contributed by atoms with Gasteiger partial charge in [-0.3, -0.25) is 0 Å². The molecule has 0 fully saturated rings. The number of rotatable bonds is 20. The minimum Gasteiger partial charge on any atom is -0.103 e. The third-order valence-corrected chi connectivity index (χ3v) is 7.09. The van der Waals surface area contributed by atoms with Gasteiger partial charge in [0.2, 0.25) is 0 Å². The summed E-state index contributed by atoms with van der Waals surface area (Å²) in [5.41, 5.74) is 0. The first-order valence-corrected chi connectivity index (χ1v) is 13.7. The Morgan fingerprint density at radius 3 is 1.41 bits per heavy atom. The highest BCUT2D eigenvalue weighted by Crippen LogP contribution is 2.23. The second-order valence-corrected chi connectivity index (χ2v) is 9.53. The molecule has 0 aromatic heterocycles. The second-order valence-electron chi connectivity index (χ2n) is 9.53. The maximum Gasteiger partial charge on any atom is 0.00913 e. The van der Waals surface area contributed by atoms with Crippen LogP contribution in [-0.4, -0.2) is 0 Å². The molecular weight excluding hydrogens is 348 g/mol. The first-order chi connectivity index (χ1) is 14.2. The van der Waals surface area contributed by atoms with Gasteiger partial charge in [-0.2, -0.15) is 0 Å². The largest absolute Gasteiger partial charge is 0.103 e. The highest BCUT2D eigenvalue weighted by atomic mass is 14.1. The van der Waals surface area contributed by atoms with E-state index in [4.69, 9.17) is 0 Å². The van der Waals surface area contributed by atoms with Crippen LogP contribution in [-0.2, 0) is 0 Å². The molecule has 0 aliphatic heterocycles. The Balaban J connectivity index is 3.73. The van der Waals surface area contributed by atoms with Gasteiger partial charge in [0.05, 0.1) is 0 Å². The lowest BCUT2D eigenvalue weighted by atomic mass is 9.90. The van der Waals surface area contributed by atoms with Gasteiger partial charge < -0.3 is 0 Å². The Morgan fingerprint density at radius 1 is 0.414 bits per heavy atom. The first-order valence-electron chi connectivity index (χ1n) is 13.7. The minimum atomic E-state index is 0.905. The highest BCUT2D eigenvalue weighted by molar-refractivity contribution is 4.98. The van der Waals surface area contributed by atoms with E-state index >= 15 is 0 Å². The van der Waals surface area contributed by atoms with Gasteiger partial charge in [-0.25, -0.2) is 0 Å². The van der Waals surface area contributed by atoms with Crippen LogP contribution in [0.2, 0.25) is 0 Å². The van der Waals surface area contributed by atoms with Crippen LogP contribution in [0.5, 0.6) is 0 Å². The Bertz CT molecular complexity index is 371. The molecule has 0 aromatic rings. The summed E-state index contributed by atoms with van der Waals surface area (Å²) in [6.07, 6.45) is 26.0. The summed E-state index contributed by atoms with van der Waals surface area (Å²) in [4.78, 5) is 0. The lowest BCUT2D eigenvalue weighted by molar-refractivity contribution is 0.375. The molecule has 3 atom stereocenters. The second kappa shape index (κ2) is 22.2. The van der Waals surface area contributed by atoms with Gasteiger partial charge in [0.15, 0.2) is 0 Å². The number of hydrogen-bond donors (Lipinski definition) is 0. The van der Waals surface area contributed by atoms with Crippen molar-refractivity contribution in [3.05, 3.63) is 0 Å². The third kappa shape index (κ3) is 18.1. The van der Waals surface area contributed by atoms with E-state index in [0.717, 1.165) is 30.6 Å². The van der Waals surface area contributed by atoms with Crippen LogP contribution >= 0.6 is 0 Å². The third-order valence-electron chi connectivity index (χ3n) is 7.09. The molecule has 0 nitrogen and oxygen atoms in total. The molecule has 0 aliphatic rings. The van der Waals surface area contributed by atoms with E-state index in [9.17, 15) is 0 Å². The van der Waals surface area contributed by atoms with Gasteiger partial charge in [-0.05, 0) is 37.0 Å². The Kier molecular flexibility index (Phi) is 21.9. The Morgan fingerprint density at radius 2 is 0.897 bits per heavy atom. The van der Waals surface area contributed by atoms with Crippen LogP contribution in [0.15, 0.2) is 0 Å². The summed E-state index contributed by atoms with van der Waals surface area (Å²) < 4.78 is 0. The fourth-order valence-electron chi connectivity index (χ4n) is 4.72. The lowest BCUT2D eigenvalue weighted by Crippen LogP contribution is -2.01. The quantitative estimate of drug-likeness (QED) is 0.140. The maximum atomic E-state index is 3.45. The zero-order chi connectivity index (χ0) is 21.6. The maximum absolute atomic E-state index is 3.45. The van der Waals surface area contributed by atoms with Gasteiger partial charge in [0, 0.05) is 12.8 Å². The van der Waals surface area contributed by atoms with E-state index in [1.165, 1.54) is 109 Å². The topological polar surface area (TPSA) is 0 Å². The minimum absolute atomic E-state index is 0.905. The SMILES string of the molecule is CCCCCC(CC)CCCCCC(CC)CCCC#CCCC(CC)CCC. The van der Waals surface area contributed by atoms with E-state index in [-0.39, 0.29) is 0 Å². The first kappa shape index (κ1) is 28.6. The summed E-state index contributed by atoms with van der Waals surface area (Å²) in [6, 6.07) is 0. The molecular formula is C29H56. The van der Waals surface area contributed by atoms with Gasteiger partial charge in [0.25, 0.3) is 0 Å². The summed E-state index contributed by atoms with van der Waals surface area (Å²) in [5.74, 6) is 9.74. The predicted molar refractivity (Wildman–Crippen MR) is 134 cm³/mol. The fraction of sp³-hybridized carbons (Fsp3) is 0.931. The van der Waals surface area contributed by atoms with Crippen molar-refractivity contribution < 1.29 is 0 Å². The zero-order valence-electron chi connectivity index (χ0n) is 21.2. The van der Waals surface area contributed by atoms with Gasteiger partial charge in [-0.1, -0.05) is 125 Å². The van der Waals surface area contributed by atoms with Crippen LogP contribution in [0.3, 0.4) is 0 Å². The van der Waals surface area contributed by atoms with E-state index in [2.05, 4.69) is 46.5 Å². The van der Waals surface area contributed by atoms with E-state index in [1.807, 2.05) is 0 Å². The van der Waals surface area contributed by atoms with Gasteiger partial charge in [-0.15, -0.1) is 11.8 Å². The molecule has 0 rings (SSSR count). The van der Waals surface area contributed by atoms with Crippen LogP contribution < -0.4 is 0 Å². The molecule has 3 unspecified atom stereocenters. The average Bonchev–Trinajstić information content (AvgIpc) is 2.74. The normalized spacial score (nSPS) is 14.2. The average molecular weight is 405 g/mol. The van der Waals surface area contributed by atoms with E-state index in [0.29, 0.717) is 0 Å². The molecule has 29 heavy (non-hydrogen) atoms. The smallest absolute Gasteiger partial charge is 0.00913 e. The summed E-state index contributed by atoms with van der Waals surface area (Å²) >= 11 is 0. The van der Waals surface area contributed by atoms with Crippen molar-refractivity contribution >= 4 is 0 Å². The molecule has 0 N–H and O–H groups in total. The molecule has 0 amide bonds. The molecule has 0 heterocycles. The molecule has 0 heteroatoms. The molecule has 0 aliphatic carbocycles. The monoisotopic (exact) mass is 404 g/mol. The molecule has 0 spiro atoms. The molecule has 172 valence electrons. The summed E-state index contributed by atoms with van der Waals surface area (Å²) in [6.45, 7) is 11.7. The molecule has 0 saturated carbocycles. The molecule has 0 radical (unpaired) electrons. The standard InChI is InChI=1S/C29H56/c1-6-11-16-22-28(9-4)25-19-15-20-26-29(10-5)24-18-14-12-13-17-23-27(8-3)21-7-2/h27-29H,6-11,14-26H2,1-5H3. The van der Waals surface area contributed by atoms with Crippen molar-refractivity contribution in [3.63, 3.8) is 0 Å². The van der Waals surface area contributed by atoms with Crippen molar-refractivity contribution in [3.8, 4) is 11.8 Å². The Hall–Kier alpha value is -0.440. The van der Waals surface area contributed by atoms with Crippen LogP contribution in [0, 0.1) is 29.6 Å². The van der Waals surface area contributed by atoms with Crippen LogP contribution in [0.25, 0.3) is 0 Å². The molecule has 0 bridgehead atoms.